The van der Waals surface area contributed by atoms with E-state index in [9.17, 15) is 0 Å². The van der Waals surface area contributed by atoms with Crippen LogP contribution >= 0.6 is 0 Å². The van der Waals surface area contributed by atoms with Gasteiger partial charge in [0.05, 0.1) is 12.7 Å². The highest BCUT2D eigenvalue weighted by Gasteiger charge is 2.09. The molecule has 0 aliphatic heterocycles. The van der Waals surface area contributed by atoms with Crippen LogP contribution < -0.4 is 10.1 Å². The van der Waals surface area contributed by atoms with Crippen molar-refractivity contribution < 1.29 is 10.1 Å². The number of hydrogen-bond donors (Lipinski definition) is 1. The number of rotatable bonds is 5. The zero-order chi connectivity index (χ0) is 14.5. The van der Waals surface area contributed by atoms with Gasteiger partial charge in [0.25, 0.3) is 0 Å². The number of nitrogens with two attached hydrogens (primary N) is 1. The number of nitrogens with zero attached hydrogens (tertiary/aromatic N) is 1. The van der Waals surface area contributed by atoms with Crippen LogP contribution in [-0.4, -0.2) is 12.1 Å². The van der Waals surface area contributed by atoms with Gasteiger partial charge in [0.2, 0.25) is 0 Å². The van der Waals surface area contributed by atoms with Crippen LogP contribution in [0.2, 0.25) is 0 Å². The van der Waals surface area contributed by atoms with E-state index in [2.05, 4.69) is 58.8 Å². The molecule has 0 saturated heterocycles. The van der Waals surface area contributed by atoms with Gasteiger partial charge in [-0.05, 0) is 29.0 Å². The first-order chi connectivity index (χ1) is 10.4. The lowest BCUT2D eigenvalue weighted by Gasteiger charge is -2.11. The monoisotopic (exact) mass is 279 g/mol. The Kier molecular flexibility index (Phi) is 4.12. The van der Waals surface area contributed by atoms with Crippen molar-refractivity contribution in [2.24, 2.45) is 0 Å². The molecule has 0 spiro atoms. The minimum absolute atomic E-state index is 0.896. The fourth-order valence-electron chi connectivity index (χ4n) is 2.62. The van der Waals surface area contributed by atoms with Crippen LogP contribution in [0.5, 0.6) is 5.75 Å². The molecule has 0 fully saturated rings. The third-order valence-electron chi connectivity index (χ3n) is 3.70. The topological polar surface area (TPSA) is 38.7 Å². The summed E-state index contributed by atoms with van der Waals surface area (Å²) in [6, 6.07) is 16.7. The second-order valence-corrected chi connectivity index (χ2v) is 5.02. The first kappa shape index (κ1) is 13.6. The van der Waals surface area contributed by atoms with E-state index in [0.717, 1.165) is 18.8 Å². The standard InChI is InChI=1S/C18H18N2O/c1-21-18-7-6-15-4-2-3-5-16(15)17(18)13-20-12-14-8-10-19-11-9-14/h2-11,20H,12-13H2,1H3/p+1. The maximum Gasteiger partial charge on any atom is 0.128 e. The Hall–Kier alpha value is -2.39. The molecule has 3 rings (SSSR count). The molecular formula is C18H19N2O+. The predicted octanol–water partition coefficient (Wildman–Crippen LogP) is 2.51. The third-order valence-corrected chi connectivity index (χ3v) is 3.70. The quantitative estimate of drug-likeness (QED) is 0.779. The van der Waals surface area contributed by atoms with E-state index in [0.29, 0.717) is 0 Å². The molecule has 0 aliphatic rings. The molecule has 0 amide bonds. The molecule has 0 atom stereocenters. The molecule has 21 heavy (non-hydrogen) atoms. The maximum atomic E-state index is 5.53. The number of aromatic nitrogens is 1. The summed E-state index contributed by atoms with van der Waals surface area (Å²) in [4.78, 5) is 4.05. The lowest BCUT2D eigenvalue weighted by Crippen LogP contribution is -2.80. The second kappa shape index (κ2) is 6.37. The van der Waals surface area contributed by atoms with Crippen molar-refractivity contribution in [2.75, 3.05) is 7.11 Å². The average molecular weight is 279 g/mol. The molecule has 0 unspecified atom stereocenters. The highest BCUT2D eigenvalue weighted by molar-refractivity contribution is 5.87. The summed E-state index contributed by atoms with van der Waals surface area (Å²) in [6.45, 7) is 1.84. The number of ether oxygens (including phenoxy) is 1. The highest BCUT2D eigenvalue weighted by atomic mass is 16.5. The van der Waals surface area contributed by atoms with Crippen molar-refractivity contribution in [2.45, 2.75) is 13.1 Å². The van der Waals surface area contributed by atoms with Crippen LogP contribution in [-0.2, 0) is 13.1 Å². The predicted molar refractivity (Wildman–Crippen MR) is 84.1 cm³/mol. The summed E-state index contributed by atoms with van der Waals surface area (Å²) in [5, 5.41) is 4.81. The van der Waals surface area contributed by atoms with Crippen LogP contribution in [0.1, 0.15) is 11.1 Å². The minimum atomic E-state index is 0.896. The van der Waals surface area contributed by atoms with Gasteiger partial charge in [-0.15, -0.1) is 0 Å². The van der Waals surface area contributed by atoms with Crippen molar-refractivity contribution in [1.29, 1.82) is 0 Å². The van der Waals surface area contributed by atoms with Crippen LogP contribution in [0.3, 0.4) is 0 Å². The summed E-state index contributed by atoms with van der Waals surface area (Å²) in [6.07, 6.45) is 3.67. The molecule has 0 bridgehead atoms. The van der Waals surface area contributed by atoms with E-state index in [1.807, 2.05) is 12.4 Å². The molecule has 106 valence electrons. The van der Waals surface area contributed by atoms with E-state index in [4.69, 9.17) is 4.74 Å². The summed E-state index contributed by atoms with van der Waals surface area (Å²) in [5.41, 5.74) is 2.54. The normalized spacial score (nSPS) is 10.7. The van der Waals surface area contributed by atoms with Gasteiger partial charge in [0.1, 0.15) is 18.8 Å². The summed E-state index contributed by atoms with van der Waals surface area (Å²) in [5.74, 6) is 0.958. The summed E-state index contributed by atoms with van der Waals surface area (Å²) >= 11 is 0. The molecule has 2 N–H and O–H groups in total. The van der Waals surface area contributed by atoms with Gasteiger partial charge < -0.3 is 10.1 Å². The van der Waals surface area contributed by atoms with Gasteiger partial charge in [0.15, 0.2) is 0 Å². The molecule has 1 aromatic heterocycles. The molecule has 0 radical (unpaired) electrons. The Balaban J connectivity index is 1.82. The minimum Gasteiger partial charge on any atom is -0.496 e. The van der Waals surface area contributed by atoms with Gasteiger partial charge >= 0.3 is 0 Å². The van der Waals surface area contributed by atoms with Crippen molar-refractivity contribution in [3.63, 3.8) is 0 Å². The highest BCUT2D eigenvalue weighted by Crippen LogP contribution is 2.27. The second-order valence-electron chi connectivity index (χ2n) is 5.02. The van der Waals surface area contributed by atoms with Crippen molar-refractivity contribution in [3.05, 3.63) is 72.1 Å². The smallest absolute Gasteiger partial charge is 0.128 e. The number of fused-ring (bicyclic) bond motifs is 1. The number of quaternary nitrogens is 1. The first-order valence-electron chi connectivity index (χ1n) is 7.13. The van der Waals surface area contributed by atoms with Gasteiger partial charge in [-0.2, -0.15) is 0 Å². The van der Waals surface area contributed by atoms with Gasteiger partial charge in [0, 0.05) is 18.0 Å². The van der Waals surface area contributed by atoms with Crippen LogP contribution in [0, 0.1) is 0 Å². The maximum absolute atomic E-state index is 5.53. The first-order valence-corrected chi connectivity index (χ1v) is 7.13. The van der Waals surface area contributed by atoms with Crippen molar-refractivity contribution in [3.8, 4) is 5.75 Å². The SMILES string of the molecule is COc1ccc2ccccc2c1C[NH2+]Cc1ccncc1. The van der Waals surface area contributed by atoms with Crippen molar-refractivity contribution >= 4 is 10.8 Å². The Morgan fingerprint density at radius 2 is 1.76 bits per heavy atom. The van der Waals surface area contributed by atoms with E-state index < -0.39 is 0 Å². The van der Waals surface area contributed by atoms with E-state index in [1.54, 1.807) is 7.11 Å². The Morgan fingerprint density at radius 1 is 0.952 bits per heavy atom. The summed E-state index contributed by atoms with van der Waals surface area (Å²) < 4.78 is 5.53. The average Bonchev–Trinajstić information content (AvgIpc) is 2.56. The number of hydrogen-bond acceptors (Lipinski definition) is 2. The fraction of sp³-hybridized carbons (Fsp3) is 0.167. The zero-order valence-electron chi connectivity index (χ0n) is 12.1. The number of methoxy groups -OCH3 is 1. The van der Waals surface area contributed by atoms with E-state index in [-0.39, 0.29) is 0 Å². The lowest BCUT2D eigenvalue weighted by atomic mass is 10.0. The largest absolute Gasteiger partial charge is 0.496 e. The molecular weight excluding hydrogens is 260 g/mol. The summed E-state index contributed by atoms with van der Waals surface area (Å²) in [7, 11) is 1.73. The molecule has 0 saturated carbocycles. The number of pyridine rings is 1. The molecule has 3 heteroatoms. The molecule has 3 nitrogen and oxygen atoms in total. The van der Waals surface area contributed by atoms with Gasteiger partial charge in [-0.25, -0.2) is 0 Å². The molecule has 3 aromatic rings. The zero-order valence-corrected chi connectivity index (χ0v) is 12.1. The van der Waals surface area contributed by atoms with Crippen LogP contribution in [0.4, 0.5) is 0 Å². The van der Waals surface area contributed by atoms with Gasteiger partial charge in [-0.1, -0.05) is 30.3 Å². The Morgan fingerprint density at radius 3 is 2.57 bits per heavy atom. The molecule has 0 aliphatic carbocycles. The van der Waals surface area contributed by atoms with E-state index >= 15 is 0 Å². The molecule has 1 heterocycles. The Labute approximate surface area is 124 Å². The lowest BCUT2D eigenvalue weighted by molar-refractivity contribution is -0.686. The van der Waals surface area contributed by atoms with Crippen molar-refractivity contribution in [1.82, 2.24) is 4.98 Å². The van der Waals surface area contributed by atoms with Gasteiger partial charge in [-0.3, -0.25) is 4.98 Å². The Bertz CT molecular complexity index is 726. The number of benzene rings is 2. The molecule has 2 aromatic carbocycles. The van der Waals surface area contributed by atoms with Crippen LogP contribution in [0.25, 0.3) is 10.8 Å². The van der Waals surface area contributed by atoms with Crippen LogP contribution in [0.15, 0.2) is 60.9 Å². The fourth-order valence-corrected chi connectivity index (χ4v) is 2.62. The third kappa shape index (κ3) is 3.03. The van der Waals surface area contributed by atoms with E-state index in [1.165, 1.54) is 21.9 Å².